The van der Waals surface area contributed by atoms with Crippen molar-refractivity contribution in [1.82, 2.24) is 0 Å². The van der Waals surface area contributed by atoms with Crippen molar-refractivity contribution in [2.45, 2.75) is 19.3 Å². The molecule has 15 heavy (non-hydrogen) atoms. The molecule has 0 aliphatic rings. The lowest BCUT2D eigenvalue weighted by atomic mass is 10.0. The van der Waals surface area contributed by atoms with Crippen LogP contribution in [0.15, 0.2) is 18.2 Å². The van der Waals surface area contributed by atoms with Crippen molar-refractivity contribution < 1.29 is 19.0 Å². The van der Waals surface area contributed by atoms with Gasteiger partial charge in [0.1, 0.15) is 11.9 Å². The molecule has 1 aromatic rings. The largest absolute Gasteiger partial charge is 0.383 e. The molecule has 0 fully saturated rings. The zero-order valence-electron chi connectivity index (χ0n) is 9.03. The summed E-state index contributed by atoms with van der Waals surface area (Å²) in [7, 11) is 2.88. The van der Waals surface area contributed by atoms with E-state index >= 15 is 0 Å². The maximum Gasteiger partial charge on any atom is 0.187 e. The second-order valence-corrected chi connectivity index (χ2v) is 3.29. The first-order valence-electron chi connectivity index (χ1n) is 4.60. The fourth-order valence-electron chi connectivity index (χ4n) is 1.47. The molecular formula is C11H15FO3. The van der Waals surface area contributed by atoms with Gasteiger partial charge < -0.3 is 14.6 Å². The van der Waals surface area contributed by atoms with E-state index in [1.165, 1.54) is 32.4 Å². The first-order chi connectivity index (χ1) is 7.10. The fraction of sp³-hybridized carbons (Fsp3) is 0.455. The lowest BCUT2D eigenvalue weighted by Gasteiger charge is -2.21. The molecule has 0 saturated carbocycles. The van der Waals surface area contributed by atoms with Crippen LogP contribution >= 0.6 is 0 Å². The molecule has 0 spiro atoms. The van der Waals surface area contributed by atoms with Gasteiger partial charge in [-0.2, -0.15) is 0 Å². The number of hydrogen-bond acceptors (Lipinski definition) is 3. The molecule has 0 saturated heterocycles. The van der Waals surface area contributed by atoms with E-state index in [9.17, 15) is 9.50 Å². The van der Waals surface area contributed by atoms with Gasteiger partial charge in [0.25, 0.3) is 0 Å². The normalized spacial score (nSPS) is 13.2. The van der Waals surface area contributed by atoms with Crippen LogP contribution in [0.1, 0.15) is 17.2 Å². The average molecular weight is 214 g/mol. The average Bonchev–Trinajstić information content (AvgIpc) is 2.19. The number of methoxy groups -OCH3 is 2. The Morgan fingerprint density at radius 1 is 1.27 bits per heavy atom. The summed E-state index contributed by atoms with van der Waals surface area (Å²) in [6.07, 6.45) is -1.66. The number of aliphatic hydroxyl groups is 1. The Morgan fingerprint density at radius 3 is 2.33 bits per heavy atom. The minimum absolute atomic E-state index is 0.324. The molecule has 4 heteroatoms. The molecule has 0 aliphatic heterocycles. The van der Waals surface area contributed by atoms with E-state index in [1.54, 1.807) is 6.92 Å². The van der Waals surface area contributed by atoms with Crippen LogP contribution in [0.4, 0.5) is 4.39 Å². The molecule has 0 aliphatic carbocycles. The second-order valence-electron chi connectivity index (χ2n) is 3.29. The molecule has 84 valence electrons. The zero-order valence-corrected chi connectivity index (χ0v) is 9.03. The van der Waals surface area contributed by atoms with Crippen LogP contribution in [-0.2, 0) is 9.47 Å². The standard InChI is InChI=1S/C11H15FO3/c1-7-6-8(12)4-5-9(7)10(13)11(14-2)15-3/h4-6,10-11,13H,1-3H3. The van der Waals surface area contributed by atoms with E-state index in [0.29, 0.717) is 11.1 Å². The van der Waals surface area contributed by atoms with Crippen LogP contribution in [0.5, 0.6) is 0 Å². The predicted molar refractivity (Wildman–Crippen MR) is 53.9 cm³/mol. The monoisotopic (exact) mass is 214 g/mol. The molecule has 1 unspecified atom stereocenters. The number of rotatable bonds is 4. The molecule has 0 amide bonds. The van der Waals surface area contributed by atoms with Gasteiger partial charge >= 0.3 is 0 Å². The van der Waals surface area contributed by atoms with Crippen LogP contribution in [0.2, 0.25) is 0 Å². The van der Waals surface area contributed by atoms with Gasteiger partial charge in [0, 0.05) is 14.2 Å². The number of hydrogen-bond donors (Lipinski definition) is 1. The molecule has 0 bridgehead atoms. The first-order valence-corrected chi connectivity index (χ1v) is 4.60. The van der Waals surface area contributed by atoms with Gasteiger partial charge in [-0.05, 0) is 30.2 Å². The molecule has 1 rings (SSSR count). The summed E-state index contributed by atoms with van der Waals surface area (Å²) in [5, 5.41) is 9.88. The topological polar surface area (TPSA) is 38.7 Å². The van der Waals surface area contributed by atoms with E-state index in [-0.39, 0.29) is 5.82 Å². The number of ether oxygens (including phenoxy) is 2. The molecule has 0 heterocycles. The summed E-state index contributed by atoms with van der Waals surface area (Å²) in [4.78, 5) is 0. The summed E-state index contributed by atoms with van der Waals surface area (Å²) in [6, 6.07) is 4.19. The van der Waals surface area contributed by atoms with Gasteiger partial charge in [0.05, 0.1) is 0 Å². The minimum atomic E-state index is -0.916. The van der Waals surface area contributed by atoms with E-state index in [0.717, 1.165) is 0 Å². The molecular weight excluding hydrogens is 199 g/mol. The predicted octanol–water partition coefficient (Wildman–Crippen LogP) is 1.79. The molecule has 1 N–H and O–H groups in total. The minimum Gasteiger partial charge on any atom is -0.383 e. The molecule has 0 aromatic heterocycles. The Kier molecular flexibility index (Phi) is 4.20. The number of benzene rings is 1. The van der Waals surface area contributed by atoms with Crippen molar-refractivity contribution in [2.75, 3.05) is 14.2 Å². The smallest absolute Gasteiger partial charge is 0.187 e. The SMILES string of the molecule is COC(OC)C(O)c1ccc(F)cc1C. The molecule has 1 atom stereocenters. The Labute approximate surface area is 88.4 Å². The molecule has 0 radical (unpaired) electrons. The van der Waals surface area contributed by atoms with Crippen molar-refractivity contribution in [3.05, 3.63) is 35.1 Å². The Bertz CT molecular complexity index is 324. The third kappa shape index (κ3) is 2.75. The van der Waals surface area contributed by atoms with Crippen molar-refractivity contribution in [1.29, 1.82) is 0 Å². The number of halogens is 1. The van der Waals surface area contributed by atoms with E-state index < -0.39 is 12.4 Å². The van der Waals surface area contributed by atoms with Gasteiger partial charge in [0.15, 0.2) is 6.29 Å². The lowest BCUT2D eigenvalue weighted by molar-refractivity contribution is -0.166. The van der Waals surface area contributed by atoms with E-state index in [4.69, 9.17) is 9.47 Å². The van der Waals surface area contributed by atoms with E-state index in [2.05, 4.69) is 0 Å². The molecule has 1 aromatic carbocycles. The van der Waals surface area contributed by atoms with Gasteiger partial charge in [-0.15, -0.1) is 0 Å². The van der Waals surface area contributed by atoms with Gasteiger partial charge in [0.2, 0.25) is 0 Å². The van der Waals surface area contributed by atoms with E-state index in [1.807, 2.05) is 0 Å². The van der Waals surface area contributed by atoms with Crippen LogP contribution in [0.3, 0.4) is 0 Å². The highest BCUT2D eigenvalue weighted by Gasteiger charge is 2.21. The second kappa shape index (κ2) is 5.21. The Hall–Kier alpha value is -0.970. The van der Waals surface area contributed by atoms with Crippen molar-refractivity contribution in [2.24, 2.45) is 0 Å². The van der Waals surface area contributed by atoms with Crippen LogP contribution in [0.25, 0.3) is 0 Å². The van der Waals surface area contributed by atoms with Crippen molar-refractivity contribution in [3.8, 4) is 0 Å². The number of aliphatic hydroxyl groups excluding tert-OH is 1. The highest BCUT2D eigenvalue weighted by Crippen LogP contribution is 2.23. The third-order valence-electron chi connectivity index (χ3n) is 2.27. The highest BCUT2D eigenvalue weighted by molar-refractivity contribution is 5.28. The highest BCUT2D eigenvalue weighted by atomic mass is 19.1. The van der Waals surface area contributed by atoms with Crippen LogP contribution in [0, 0.1) is 12.7 Å². The van der Waals surface area contributed by atoms with Crippen LogP contribution < -0.4 is 0 Å². The first kappa shape index (κ1) is 12.1. The summed E-state index contributed by atoms with van der Waals surface area (Å²) < 4.78 is 22.7. The Balaban J connectivity index is 2.94. The fourth-order valence-corrected chi connectivity index (χ4v) is 1.47. The van der Waals surface area contributed by atoms with Gasteiger partial charge in [-0.25, -0.2) is 4.39 Å². The lowest BCUT2D eigenvalue weighted by Crippen LogP contribution is -2.23. The summed E-state index contributed by atoms with van der Waals surface area (Å²) in [5.74, 6) is -0.324. The van der Waals surface area contributed by atoms with Crippen LogP contribution in [-0.4, -0.2) is 25.6 Å². The summed E-state index contributed by atoms with van der Waals surface area (Å²) in [5.41, 5.74) is 1.27. The van der Waals surface area contributed by atoms with Crippen molar-refractivity contribution >= 4 is 0 Å². The molecule has 3 nitrogen and oxygen atoms in total. The number of aryl methyl sites for hydroxylation is 1. The van der Waals surface area contributed by atoms with Gasteiger partial charge in [-0.1, -0.05) is 6.07 Å². The van der Waals surface area contributed by atoms with Gasteiger partial charge in [-0.3, -0.25) is 0 Å². The maximum atomic E-state index is 12.8. The summed E-state index contributed by atoms with van der Waals surface area (Å²) in [6.45, 7) is 1.73. The quantitative estimate of drug-likeness (QED) is 0.776. The van der Waals surface area contributed by atoms with Crippen molar-refractivity contribution in [3.63, 3.8) is 0 Å². The maximum absolute atomic E-state index is 12.8. The summed E-state index contributed by atoms with van der Waals surface area (Å²) >= 11 is 0. The zero-order chi connectivity index (χ0) is 11.4. The Morgan fingerprint density at radius 2 is 1.87 bits per heavy atom. The third-order valence-corrected chi connectivity index (χ3v) is 2.27.